The summed E-state index contributed by atoms with van der Waals surface area (Å²) in [5, 5.41) is 0. The van der Waals surface area contributed by atoms with E-state index in [0.29, 0.717) is 0 Å². The maximum Gasteiger partial charge on any atom is 0.332 e. The Hall–Kier alpha value is -0.320. The third kappa shape index (κ3) is 4.36. The summed E-state index contributed by atoms with van der Waals surface area (Å²) in [5.41, 5.74) is 0. The number of rotatable bonds is 3. The second-order valence-corrected chi connectivity index (χ2v) is 5.56. The second-order valence-electron chi connectivity index (χ2n) is 3.92. The van der Waals surface area contributed by atoms with Crippen LogP contribution in [0.25, 0.3) is 0 Å². The van der Waals surface area contributed by atoms with E-state index < -0.39 is 31.4 Å². The monoisotopic (exact) mass is 242 g/mol. The predicted octanol–water partition coefficient (Wildman–Crippen LogP) is 1.56. The van der Waals surface area contributed by atoms with Gasteiger partial charge >= 0.3 is 7.60 Å². The van der Waals surface area contributed by atoms with Gasteiger partial charge in [-0.05, 0) is 12.8 Å². The van der Waals surface area contributed by atoms with Gasteiger partial charge in [-0.15, -0.1) is 0 Å². The van der Waals surface area contributed by atoms with Crippen molar-refractivity contribution in [2.24, 2.45) is 5.92 Å². The van der Waals surface area contributed by atoms with Crippen molar-refractivity contribution in [2.45, 2.75) is 31.6 Å². The molecule has 0 radical (unpaired) electrons. The van der Waals surface area contributed by atoms with Gasteiger partial charge in [0.2, 0.25) is 5.92 Å². The Kier molecular flexibility index (Phi) is 3.63. The molecule has 0 bridgehead atoms. The molecule has 0 aromatic heterocycles. The highest BCUT2D eigenvalue weighted by molar-refractivity contribution is 7.52. The molecule has 0 aliphatic heterocycles. The number of halogens is 2. The highest BCUT2D eigenvalue weighted by atomic mass is 31.2. The molecule has 7 heteroatoms. The van der Waals surface area contributed by atoms with Gasteiger partial charge in [0.1, 0.15) is 11.9 Å². The highest BCUT2D eigenvalue weighted by Crippen LogP contribution is 2.40. The molecule has 0 heterocycles. The minimum Gasteiger partial charge on any atom is -0.324 e. The molecule has 4 nitrogen and oxygen atoms in total. The minimum absolute atomic E-state index is 0.0197. The summed E-state index contributed by atoms with van der Waals surface area (Å²) in [6.07, 6.45) is -1.53. The molecule has 1 saturated carbocycles. The Balaban J connectivity index is 2.47. The predicted molar refractivity (Wildman–Crippen MR) is 48.8 cm³/mol. The Labute approximate surface area is 85.8 Å². The van der Waals surface area contributed by atoms with E-state index in [2.05, 4.69) is 0 Å². The molecule has 0 aromatic carbocycles. The van der Waals surface area contributed by atoms with Crippen LogP contribution < -0.4 is 0 Å². The number of Topliss-reactive ketones (excluding diaryl/α,β-unsaturated/α-hetero) is 1. The van der Waals surface area contributed by atoms with Crippen LogP contribution in [0.2, 0.25) is 0 Å². The number of carbonyl (C=O) groups is 1. The van der Waals surface area contributed by atoms with Crippen molar-refractivity contribution in [1.29, 1.82) is 0 Å². The van der Waals surface area contributed by atoms with Gasteiger partial charge in [-0.25, -0.2) is 8.78 Å². The van der Waals surface area contributed by atoms with E-state index in [-0.39, 0.29) is 25.7 Å². The van der Waals surface area contributed by atoms with Gasteiger partial charge in [0.25, 0.3) is 0 Å². The topological polar surface area (TPSA) is 74.6 Å². The number of hydrogen-bond acceptors (Lipinski definition) is 2. The van der Waals surface area contributed by atoms with Crippen LogP contribution in [0.3, 0.4) is 0 Å². The number of alkyl halides is 2. The van der Waals surface area contributed by atoms with Crippen LogP contribution in [-0.2, 0) is 9.36 Å². The van der Waals surface area contributed by atoms with E-state index in [9.17, 15) is 18.1 Å². The van der Waals surface area contributed by atoms with Gasteiger partial charge in [-0.2, -0.15) is 0 Å². The average Bonchev–Trinajstić information content (AvgIpc) is 2.00. The van der Waals surface area contributed by atoms with Crippen molar-refractivity contribution in [3.05, 3.63) is 0 Å². The zero-order valence-electron chi connectivity index (χ0n) is 8.03. The Morgan fingerprint density at radius 2 is 1.80 bits per heavy atom. The maximum atomic E-state index is 12.7. The first-order chi connectivity index (χ1) is 6.70. The van der Waals surface area contributed by atoms with Gasteiger partial charge in [0, 0.05) is 18.8 Å². The van der Waals surface area contributed by atoms with Crippen LogP contribution in [0.5, 0.6) is 0 Å². The van der Waals surface area contributed by atoms with Crippen LogP contribution >= 0.6 is 7.60 Å². The van der Waals surface area contributed by atoms with Gasteiger partial charge in [0.05, 0.1) is 0 Å². The Morgan fingerprint density at radius 1 is 1.33 bits per heavy atom. The van der Waals surface area contributed by atoms with Crippen LogP contribution in [-0.4, -0.2) is 27.7 Å². The van der Waals surface area contributed by atoms with Gasteiger partial charge in [0.15, 0.2) is 0 Å². The van der Waals surface area contributed by atoms with E-state index in [4.69, 9.17) is 9.79 Å². The maximum absolute atomic E-state index is 12.7. The fourth-order valence-electron chi connectivity index (χ4n) is 1.69. The van der Waals surface area contributed by atoms with Crippen molar-refractivity contribution in [3.8, 4) is 0 Å². The standard InChI is InChI=1S/C8H13F2O4P/c9-8(10)3-1-6(2-4-8)7(11)5-15(12,13)14/h6H,1-5H2,(H2,12,13,14). The van der Waals surface area contributed by atoms with Gasteiger partial charge in [-0.1, -0.05) is 0 Å². The summed E-state index contributed by atoms with van der Waals surface area (Å²) >= 11 is 0. The lowest BCUT2D eigenvalue weighted by Gasteiger charge is -2.27. The number of hydrogen-bond donors (Lipinski definition) is 2. The summed E-state index contributed by atoms with van der Waals surface area (Å²) in [6.45, 7) is 0. The fraction of sp³-hybridized carbons (Fsp3) is 0.875. The lowest BCUT2D eigenvalue weighted by atomic mass is 9.84. The van der Waals surface area contributed by atoms with E-state index in [0.717, 1.165) is 0 Å². The third-order valence-corrected chi connectivity index (χ3v) is 3.26. The molecular formula is C8H13F2O4P. The second kappa shape index (κ2) is 4.28. The fourth-order valence-corrected chi connectivity index (χ4v) is 2.36. The molecule has 2 N–H and O–H groups in total. The first kappa shape index (κ1) is 12.7. The van der Waals surface area contributed by atoms with E-state index in [1.165, 1.54) is 0 Å². The summed E-state index contributed by atoms with van der Waals surface area (Å²) in [6, 6.07) is 0. The summed E-state index contributed by atoms with van der Waals surface area (Å²) in [4.78, 5) is 28.4. The molecule has 0 spiro atoms. The third-order valence-electron chi connectivity index (χ3n) is 2.53. The highest BCUT2D eigenvalue weighted by Gasteiger charge is 2.38. The van der Waals surface area contributed by atoms with Crippen LogP contribution in [0.4, 0.5) is 8.78 Å². The van der Waals surface area contributed by atoms with Crippen LogP contribution in [0.1, 0.15) is 25.7 Å². The minimum atomic E-state index is -4.36. The van der Waals surface area contributed by atoms with Crippen LogP contribution in [0.15, 0.2) is 0 Å². The largest absolute Gasteiger partial charge is 0.332 e. The quantitative estimate of drug-likeness (QED) is 0.736. The lowest BCUT2D eigenvalue weighted by molar-refractivity contribution is -0.124. The molecule has 0 aromatic rings. The molecular weight excluding hydrogens is 229 g/mol. The molecule has 0 atom stereocenters. The Morgan fingerprint density at radius 3 is 2.20 bits per heavy atom. The molecule has 1 aliphatic carbocycles. The van der Waals surface area contributed by atoms with Crippen molar-refractivity contribution in [3.63, 3.8) is 0 Å². The molecule has 1 fully saturated rings. The molecule has 0 saturated heterocycles. The van der Waals surface area contributed by atoms with E-state index >= 15 is 0 Å². The van der Waals surface area contributed by atoms with Gasteiger partial charge < -0.3 is 9.79 Å². The lowest BCUT2D eigenvalue weighted by Crippen LogP contribution is -2.29. The van der Waals surface area contributed by atoms with E-state index in [1.807, 2.05) is 0 Å². The van der Waals surface area contributed by atoms with E-state index in [1.54, 1.807) is 0 Å². The summed E-state index contributed by atoms with van der Waals surface area (Å²) in [5.74, 6) is -3.94. The molecule has 1 aliphatic rings. The van der Waals surface area contributed by atoms with Crippen molar-refractivity contribution < 1.29 is 27.9 Å². The number of ketones is 1. The van der Waals surface area contributed by atoms with Crippen molar-refractivity contribution in [2.75, 3.05) is 6.16 Å². The summed E-state index contributed by atoms with van der Waals surface area (Å²) in [7, 11) is -4.36. The van der Waals surface area contributed by atoms with Crippen LogP contribution in [0, 0.1) is 5.92 Å². The molecule has 0 unspecified atom stereocenters. The molecule has 0 amide bonds. The normalized spacial score (nSPS) is 22.7. The smallest absolute Gasteiger partial charge is 0.324 e. The molecule has 1 rings (SSSR count). The molecule has 88 valence electrons. The van der Waals surface area contributed by atoms with Crippen molar-refractivity contribution in [1.82, 2.24) is 0 Å². The SMILES string of the molecule is O=C(CP(=O)(O)O)C1CCC(F)(F)CC1. The van der Waals surface area contributed by atoms with Crippen molar-refractivity contribution >= 4 is 13.4 Å². The zero-order valence-corrected chi connectivity index (χ0v) is 8.92. The van der Waals surface area contributed by atoms with Gasteiger partial charge in [-0.3, -0.25) is 9.36 Å². The molecule has 15 heavy (non-hydrogen) atoms. The number of carbonyl (C=O) groups excluding carboxylic acids is 1. The average molecular weight is 242 g/mol. The zero-order chi connectivity index (χ0) is 11.7. The first-order valence-corrected chi connectivity index (χ1v) is 6.44. The first-order valence-electron chi connectivity index (χ1n) is 4.65. The summed E-state index contributed by atoms with van der Waals surface area (Å²) < 4.78 is 36.0. The Bertz CT molecular complexity index is 289.